The third-order valence-corrected chi connectivity index (χ3v) is 3.93. The Bertz CT molecular complexity index is 148. The molecule has 0 heteroatoms. The van der Waals surface area contributed by atoms with Crippen LogP contribution in [0.15, 0.2) is 0 Å². The van der Waals surface area contributed by atoms with Crippen molar-refractivity contribution in [2.24, 2.45) is 17.8 Å². The number of hydrogen-bond acceptors (Lipinski definition) is 0. The zero-order valence-electron chi connectivity index (χ0n) is 13.1. The Morgan fingerprint density at radius 1 is 0.588 bits per heavy atom. The van der Waals surface area contributed by atoms with Gasteiger partial charge >= 0.3 is 0 Å². The first-order valence-electron chi connectivity index (χ1n) is 8.06. The molecule has 0 nitrogen and oxygen atoms in total. The van der Waals surface area contributed by atoms with Gasteiger partial charge in [-0.2, -0.15) is 0 Å². The number of rotatable bonds is 11. The lowest BCUT2D eigenvalue weighted by Crippen LogP contribution is -2.00. The minimum Gasteiger partial charge on any atom is -0.0654 e. The van der Waals surface area contributed by atoms with E-state index in [4.69, 9.17) is 0 Å². The second kappa shape index (κ2) is 11.1. The molecule has 0 aromatic rings. The molecular formula is C17H36. The van der Waals surface area contributed by atoms with E-state index < -0.39 is 0 Å². The van der Waals surface area contributed by atoms with Crippen LogP contribution in [0.2, 0.25) is 0 Å². The van der Waals surface area contributed by atoms with E-state index >= 15 is 0 Å². The molecule has 0 aliphatic rings. The average molecular weight is 240 g/mol. The van der Waals surface area contributed by atoms with Gasteiger partial charge in [0.15, 0.2) is 0 Å². The predicted molar refractivity (Wildman–Crippen MR) is 80.4 cm³/mol. The monoisotopic (exact) mass is 240 g/mol. The van der Waals surface area contributed by atoms with Crippen molar-refractivity contribution >= 4 is 0 Å². The third-order valence-electron chi connectivity index (χ3n) is 3.93. The second-order valence-corrected chi connectivity index (χ2v) is 6.61. The fourth-order valence-corrected chi connectivity index (χ4v) is 2.46. The topological polar surface area (TPSA) is 0 Å². The summed E-state index contributed by atoms with van der Waals surface area (Å²) in [7, 11) is 0. The highest BCUT2D eigenvalue weighted by Gasteiger charge is 2.06. The molecule has 104 valence electrons. The van der Waals surface area contributed by atoms with Gasteiger partial charge in [0.25, 0.3) is 0 Å². The summed E-state index contributed by atoms with van der Waals surface area (Å²) in [6, 6.07) is 0. The van der Waals surface area contributed by atoms with Crippen molar-refractivity contribution in [1.29, 1.82) is 0 Å². The van der Waals surface area contributed by atoms with Gasteiger partial charge in [0.05, 0.1) is 0 Å². The molecule has 0 fully saturated rings. The highest BCUT2D eigenvalue weighted by Crippen LogP contribution is 2.21. The van der Waals surface area contributed by atoms with E-state index in [9.17, 15) is 0 Å². The molecule has 17 heavy (non-hydrogen) atoms. The van der Waals surface area contributed by atoms with Gasteiger partial charge in [0.1, 0.15) is 0 Å². The van der Waals surface area contributed by atoms with E-state index in [0.717, 1.165) is 17.8 Å². The lowest BCUT2D eigenvalue weighted by Gasteiger charge is -2.15. The van der Waals surface area contributed by atoms with Crippen molar-refractivity contribution in [3.63, 3.8) is 0 Å². The molecule has 0 aliphatic carbocycles. The standard InChI is InChI=1S/C17H36/c1-6-7-8-10-16(4)11-9-12-17(5)14-13-15(2)3/h15-17H,6-14H2,1-5H3. The molecule has 0 saturated heterocycles. The maximum Gasteiger partial charge on any atom is -0.0443 e. The summed E-state index contributed by atoms with van der Waals surface area (Å²) in [5.74, 6) is 2.78. The first-order chi connectivity index (χ1) is 8.06. The molecule has 0 aliphatic heterocycles. The fourth-order valence-electron chi connectivity index (χ4n) is 2.46. The molecule has 0 spiro atoms. The van der Waals surface area contributed by atoms with Crippen LogP contribution in [-0.2, 0) is 0 Å². The van der Waals surface area contributed by atoms with Gasteiger partial charge in [-0.1, -0.05) is 92.4 Å². The predicted octanol–water partition coefficient (Wildman–Crippen LogP) is 6.45. The highest BCUT2D eigenvalue weighted by molar-refractivity contribution is 4.59. The van der Waals surface area contributed by atoms with Crippen molar-refractivity contribution in [1.82, 2.24) is 0 Å². The first kappa shape index (κ1) is 17.0. The molecule has 0 bridgehead atoms. The van der Waals surface area contributed by atoms with Crippen LogP contribution in [0.4, 0.5) is 0 Å². The highest BCUT2D eigenvalue weighted by atomic mass is 14.1. The molecule has 0 amide bonds. The molecule has 0 rings (SSSR count). The largest absolute Gasteiger partial charge is 0.0654 e. The molecule has 2 unspecified atom stereocenters. The van der Waals surface area contributed by atoms with Crippen molar-refractivity contribution in [2.75, 3.05) is 0 Å². The molecular weight excluding hydrogens is 204 g/mol. The van der Waals surface area contributed by atoms with Gasteiger partial charge < -0.3 is 0 Å². The molecule has 2 atom stereocenters. The van der Waals surface area contributed by atoms with Crippen molar-refractivity contribution in [2.45, 2.75) is 92.4 Å². The van der Waals surface area contributed by atoms with E-state index in [1.165, 1.54) is 57.8 Å². The van der Waals surface area contributed by atoms with E-state index in [2.05, 4.69) is 34.6 Å². The van der Waals surface area contributed by atoms with Gasteiger partial charge in [-0.05, 0) is 17.8 Å². The summed E-state index contributed by atoms with van der Waals surface area (Å²) in [4.78, 5) is 0. The minimum absolute atomic E-state index is 0.880. The van der Waals surface area contributed by atoms with Crippen LogP contribution in [-0.4, -0.2) is 0 Å². The Kier molecular flexibility index (Phi) is 11.1. The van der Waals surface area contributed by atoms with Crippen LogP contribution in [0.25, 0.3) is 0 Å². The molecule has 0 heterocycles. The van der Waals surface area contributed by atoms with Crippen LogP contribution in [0.5, 0.6) is 0 Å². The zero-order valence-corrected chi connectivity index (χ0v) is 13.1. The number of unbranched alkanes of at least 4 members (excludes halogenated alkanes) is 2. The Balaban J connectivity index is 3.35. The average Bonchev–Trinajstić information content (AvgIpc) is 2.27. The van der Waals surface area contributed by atoms with Gasteiger partial charge in [-0.3, -0.25) is 0 Å². The van der Waals surface area contributed by atoms with E-state index in [1.54, 1.807) is 0 Å². The second-order valence-electron chi connectivity index (χ2n) is 6.61. The summed E-state index contributed by atoms with van der Waals surface area (Å²) >= 11 is 0. The van der Waals surface area contributed by atoms with Crippen molar-refractivity contribution in [3.05, 3.63) is 0 Å². The van der Waals surface area contributed by atoms with Gasteiger partial charge in [-0.15, -0.1) is 0 Å². The molecule has 0 radical (unpaired) electrons. The third kappa shape index (κ3) is 12.2. The molecule has 0 saturated carbocycles. The zero-order chi connectivity index (χ0) is 13.1. The van der Waals surface area contributed by atoms with Gasteiger partial charge in [0.2, 0.25) is 0 Å². The Labute approximate surface area is 111 Å². The van der Waals surface area contributed by atoms with Crippen LogP contribution < -0.4 is 0 Å². The SMILES string of the molecule is CCCCCC(C)CCCC(C)CCC(C)C. The van der Waals surface area contributed by atoms with Crippen LogP contribution in [0.1, 0.15) is 92.4 Å². The normalized spacial score (nSPS) is 15.2. The van der Waals surface area contributed by atoms with Crippen molar-refractivity contribution < 1.29 is 0 Å². The summed E-state index contributed by atoms with van der Waals surface area (Å²) < 4.78 is 0. The van der Waals surface area contributed by atoms with Crippen molar-refractivity contribution in [3.8, 4) is 0 Å². The summed E-state index contributed by atoms with van der Waals surface area (Å²) in [6.07, 6.45) is 12.9. The Morgan fingerprint density at radius 2 is 1.12 bits per heavy atom. The van der Waals surface area contributed by atoms with Crippen LogP contribution in [0, 0.1) is 17.8 Å². The first-order valence-corrected chi connectivity index (χ1v) is 8.06. The van der Waals surface area contributed by atoms with E-state index in [-0.39, 0.29) is 0 Å². The quantitative estimate of drug-likeness (QED) is 0.364. The molecule has 0 aromatic carbocycles. The number of hydrogen-bond donors (Lipinski definition) is 0. The Hall–Kier alpha value is 0. The smallest absolute Gasteiger partial charge is 0.0443 e. The summed E-state index contributed by atoms with van der Waals surface area (Å²) in [5.41, 5.74) is 0. The van der Waals surface area contributed by atoms with Crippen LogP contribution >= 0.6 is 0 Å². The van der Waals surface area contributed by atoms with Gasteiger partial charge in [-0.25, -0.2) is 0 Å². The fraction of sp³-hybridized carbons (Fsp3) is 1.00. The maximum absolute atomic E-state index is 2.44. The maximum atomic E-state index is 2.44. The Morgan fingerprint density at radius 3 is 1.65 bits per heavy atom. The molecule has 0 aromatic heterocycles. The lowest BCUT2D eigenvalue weighted by atomic mass is 9.91. The van der Waals surface area contributed by atoms with E-state index in [1.807, 2.05) is 0 Å². The minimum atomic E-state index is 0.880. The lowest BCUT2D eigenvalue weighted by molar-refractivity contribution is 0.382. The van der Waals surface area contributed by atoms with E-state index in [0.29, 0.717) is 0 Å². The summed E-state index contributed by atoms with van der Waals surface area (Å²) in [6.45, 7) is 11.8. The summed E-state index contributed by atoms with van der Waals surface area (Å²) in [5, 5.41) is 0. The van der Waals surface area contributed by atoms with Gasteiger partial charge in [0, 0.05) is 0 Å². The van der Waals surface area contributed by atoms with Crippen LogP contribution in [0.3, 0.4) is 0 Å². The molecule has 0 N–H and O–H groups in total.